The molecule has 33 heavy (non-hydrogen) atoms. The van der Waals surface area contributed by atoms with Crippen molar-refractivity contribution in [2.75, 3.05) is 0 Å². The van der Waals surface area contributed by atoms with E-state index >= 15 is 0 Å². The molecule has 0 aliphatic heterocycles. The molecule has 0 aromatic heterocycles. The van der Waals surface area contributed by atoms with Gasteiger partial charge in [-0.15, -0.1) is 0 Å². The van der Waals surface area contributed by atoms with Crippen LogP contribution in [0.15, 0.2) is 63.5 Å². The second kappa shape index (κ2) is 12.1. The summed E-state index contributed by atoms with van der Waals surface area (Å²) in [6, 6.07) is 16.7. The maximum Gasteiger partial charge on any atom is 0.187 e. The van der Waals surface area contributed by atoms with Gasteiger partial charge in [-0.3, -0.25) is 4.79 Å². The number of hydrogen-bond acceptors (Lipinski definition) is 2. The maximum atomic E-state index is 12.0. The quantitative estimate of drug-likeness (QED) is 0.213. The van der Waals surface area contributed by atoms with Crippen LogP contribution in [-0.4, -0.2) is 5.78 Å². The topological polar surface area (TPSA) is 35.0 Å². The summed E-state index contributed by atoms with van der Waals surface area (Å²) in [4.78, 5) is 18.7. The van der Waals surface area contributed by atoms with Gasteiger partial charge < -0.3 is 4.74 Å². The number of aryl methyl sites for hydroxylation is 1. The molecule has 0 bridgehead atoms. The van der Waals surface area contributed by atoms with Crippen molar-refractivity contribution in [1.82, 2.24) is 0 Å². The number of fused-ring (bicyclic) bond motifs is 1. The molecule has 4 nitrogen and oxygen atoms in total. The highest BCUT2D eigenvalue weighted by molar-refractivity contribution is 9.11. The van der Waals surface area contributed by atoms with Crippen LogP contribution in [0.1, 0.15) is 39.9 Å². The third kappa shape index (κ3) is 6.77. The van der Waals surface area contributed by atoms with Gasteiger partial charge >= 0.3 is 0 Å². The van der Waals surface area contributed by atoms with E-state index in [1.807, 2.05) is 36.4 Å². The molecule has 0 N–H and O–H groups in total. The normalized spacial score (nSPS) is 12.0. The number of halogens is 3. The van der Waals surface area contributed by atoms with Crippen LogP contribution in [0.3, 0.4) is 0 Å². The Labute approximate surface area is 219 Å². The van der Waals surface area contributed by atoms with Crippen LogP contribution in [-0.2, 0) is 18.4 Å². The summed E-state index contributed by atoms with van der Waals surface area (Å²) in [7, 11) is 0. The van der Waals surface area contributed by atoms with Gasteiger partial charge in [0.2, 0.25) is 0 Å². The van der Waals surface area contributed by atoms with E-state index in [-0.39, 0.29) is 5.78 Å². The van der Waals surface area contributed by atoms with Gasteiger partial charge in [0.05, 0.1) is 13.1 Å². The number of Topliss-reactive ketones (excluding diaryl/α,β-unsaturated/α-hetero) is 1. The van der Waals surface area contributed by atoms with Crippen molar-refractivity contribution in [2.24, 2.45) is 0 Å². The molecule has 0 saturated heterocycles. The third-order valence-corrected chi connectivity index (χ3v) is 7.24. The number of hydrogen-bond donors (Lipinski definition) is 0. The number of carbonyl (C=O) groups excluding carboxylic acids is 1. The van der Waals surface area contributed by atoms with E-state index in [0.717, 1.165) is 49.4 Å². The molecule has 0 radical (unpaired) electrons. The van der Waals surface area contributed by atoms with Gasteiger partial charge in [0.15, 0.2) is 17.2 Å². The largest absolute Gasteiger partial charge is 0.489 e. The van der Waals surface area contributed by atoms with E-state index in [1.54, 1.807) is 18.2 Å². The second-order valence-corrected chi connectivity index (χ2v) is 9.56. The van der Waals surface area contributed by atoms with Crippen LogP contribution in [0, 0.1) is 13.1 Å². The second-order valence-electron chi connectivity index (χ2n) is 7.29. The third-order valence-electron chi connectivity index (χ3n) is 5.09. The Balaban J connectivity index is 0.000000235. The first-order valence-corrected chi connectivity index (χ1v) is 12.8. The zero-order valence-corrected chi connectivity index (χ0v) is 22.3. The lowest BCUT2D eigenvalue weighted by atomic mass is 9.90. The lowest BCUT2D eigenvalue weighted by molar-refractivity contribution is 0.0972. The smallest absolute Gasteiger partial charge is 0.187 e. The Bertz CT molecular complexity index is 1260. The Morgan fingerprint density at radius 2 is 1.48 bits per heavy atom. The summed E-state index contributed by atoms with van der Waals surface area (Å²) in [5.74, 6) is 0.886. The molecule has 0 saturated carbocycles. The minimum atomic E-state index is 0.197. The molecule has 0 amide bonds. The van der Waals surface area contributed by atoms with Gasteiger partial charge in [0.1, 0.15) is 12.4 Å². The van der Waals surface area contributed by atoms with Gasteiger partial charge in [-0.05, 0) is 47.7 Å². The summed E-state index contributed by atoms with van der Waals surface area (Å²) in [6.45, 7) is 14.2. The number of ketones is 1. The fourth-order valence-corrected chi connectivity index (χ4v) is 4.92. The van der Waals surface area contributed by atoms with E-state index in [9.17, 15) is 4.79 Å². The Hall–Kier alpha value is -2.45. The van der Waals surface area contributed by atoms with Crippen molar-refractivity contribution in [3.63, 3.8) is 0 Å². The zero-order chi connectivity index (χ0) is 23.8. The highest BCUT2D eigenvalue weighted by atomic mass is 79.9. The Morgan fingerprint density at radius 3 is 2.12 bits per heavy atom. The molecule has 0 heterocycles. The van der Waals surface area contributed by atoms with Crippen LogP contribution in [0.4, 0.5) is 11.4 Å². The van der Waals surface area contributed by atoms with Crippen molar-refractivity contribution >= 4 is 64.9 Å². The highest BCUT2D eigenvalue weighted by Gasteiger charge is 2.17. The molecule has 3 aromatic carbocycles. The SMILES string of the molecule is [C-]#[N+]c1ccc(Br)c(CBr)c1.[C-]#[N+]c1ccc(Br)c(COc2ccc3c(c2)C(=O)CCC3)c1. The molecule has 0 spiro atoms. The Morgan fingerprint density at radius 1 is 0.848 bits per heavy atom. The zero-order valence-electron chi connectivity index (χ0n) is 17.6. The monoisotopic (exact) mass is 628 g/mol. The van der Waals surface area contributed by atoms with Crippen LogP contribution < -0.4 is 4.74 Å². The number of alkyl halides is 1. The molecular weight excluding hydrogens is 612 g/mol. The first kappa shape index (κ1) is 25.2. The summed E-state index contributed by atoms with van der Waals surface area (Å²) in [6.07, 6.45) is 2.51. The number of rotatable bonds is 4. The molecule has 1 aliphatic carbocycles. The lowest BCUT2D eigenvalue weighted by Gasteiger charge is -2.16. The molecule has 3 aromatic rings. The average molecular weight is 631 g/mol. The number of benzene rings is 3. The van der Waals surface area contributed by atoms with Crippen LogP contribution in [0.2, 0.25) is 0 Å². The van der Waals surface area contributed by atoms with E-state index < -0.39 is 0 Å². The first-order chi connectivity index (χ1) is 15.9. The molecule has 7 heteroatoms. The number of ether oxygens (including phenoxy) is 1. The van der Waals surface area contributed by atoms with Crippen molar-refractivity contribution in [3.05, 3.63) is 109 Å². The van der Waals surface area contributed by atoms with Crippen LogP contribution >= 0.6 is 47.8 Å². The van der Waals surface area contributed by atoms with Crippen LogP contribution in [0.25, 0.3) is 9.69 Å². The number of carbonyl (C=O) groups is 1. The Kier molecular flexibility index (Phi) is 9.26. The van der Waals surface area contributed by atoms with Gasteiger partial charge in [-0.2, -0.15) is 0 Å². The van der Waals surface area contributed by atoms with Crippen molar-refractivity contribution in [2.45, 2.75) is 31.2 Å². The molecule has 0 atom stereocenters. The van der Waals surface area contributed by atoms with E-state index in [2.05, 4.69) is 57.5 Å². The van der Waals surface area contributed by atoms with Crippen molar-refractivity contribution in [3.8, 4) is 5.75 Å². The summed E-state index contributed by atoms with van der Waals surface area (Å²) >= 11 is 10.2. The summed E-state index contributed by atoms with van der Waals surface area (Å²) < 4.78 is 7.76. The number of nitrogens with zero attached hydrogens (tertiary/aromatic N) is 2. The summed E-state index contributed by atoms with van der Waals surface area (Å²) in [5, 5.41) is 0.775. The predicted molar refractivity (Wildman–Crippen MR) is 141 cm³/mol. The maximum absolute atomic E-state index is 12.0. The molecular formula is C26H19Br3N2O2. The standard InChI is InChI=1S/C18H14BrNO2.C8H5Br2N/c1-20-14-6-8-17(19)13(9-14)11-22-15-7-5-12-3-2-4-18(21)16(12)10-15;1-11-7-2-3-8(10)6(4-7)5-9/h5-10H,2-4,11H2;2-4H,5H2. The van der Waals surface area contributed by atoms with E-state index in [1.165, 1.54) is 0 Å². The fraction of sp³-hybridized carbons (Fsp3) is 0.192. The van der Waals surface area contributed by atoms with Gasteiger partial charge in [0, 0.05) is 26.3 Å². The van der Waals surface area contributed by atoms with Crippen molar-refractivity contribution in [1.29, 1.82) is 0 Å². The van der Waals surface area contributed by atoms with E-state index in [0.29, 0.717) is 30.2 Å². The van der Waals surface area contributed by atoms with E-state index in [4.69, 9.17) is 17.9 Å². The minimum Gasteiger partial charge on any atom is -0.489 e. The summed E-state index contributed by atoms with van der Waals surface area (Å²) in [5.41, 5.74) is 5.19. The highest BCUT2D eigenvalue weighted by Crippen LogP contribution is 2.28. The molecule has 1 aliphatic rings. The van der Waals surface area contributed by atoms with Gasteiger partial charge in [-0.25, -0.2) is 9.69 Å². The lowest BCUT2D eigenvalue weighted by Crippen LogP contribution is -2.10. The molecule has 4 rings (SSSR count). The molecule has 166 valence electrons. The fourth-order valence-electron chi connectivity index (χ4n) is 3.33. The van der Waals surface area contributed by atoms with Gasteiger partial charge in [-0.1, -0.05) is 84.2 Å². The first-order valence-electron chi connectivity index (χ1n) is 10.1. The van der Waals surface area contributed by atoms with Crippen molar-refractivity contribution < 1.29 is 9.53 Å². The predicted octanol–water partition coefficient (Wildman–Crippen LogP) is 8.99. The van der Waals surface area contributed by atoms with Gasteiger partial charge in [0.25, 0.3) is 0 Å². The molecule has 0 fully saturated rings. The minimum absolute atomic E-state index is 0.197. The molecule has 0 unspecified atom stereocenters. The van der Waals surface area contributed by atoms with Crippen LogP contribution in [0.5, 0.6) is 5.75 Å². The average Bonchev–Trinajstić information content (AvgIpc) is 2.84.